The van der Waals surface area contributed by atoms with E-state index in [4.69, 9.17) is 10.00 Å². The number of aromatic nitrogens is 3. The Kier molecular flexibility index (Phi) is 4.84. The number of nitrogens with zero attached hydrogens (tertiary/aromatic N) is 5. The van der Waals surface area contributed by atoms with Crippen molar-refractivity contribution in [1.29, 1.82) is 5.26 Å². The van der Waals surface area contributed by atoms with Crippen LogP contribution in [0.3, 0.4) is 0 Å². The topological polar surface area (TPSA) is 74.9 Å². The van der Waals surface area contributed by atoms with Gasteiger partial charge in [0.15, 0.2) is 0 Å². The summed E-state index contributed by atoms with van der Waals surface area (Å²) in [5.41, 5.74) is 1.53. The minimum absolute atomic E-state index is 0.00835. The molecule has 0 N–H and O–H groups in total. The summed E-state index contributed by atoms with van der Waals surface area (Å²) in [7, 11) is 0. The molecule has 0 amide bonds. The fourth-order valence-corrected chi connectivity index (χ4v) is 2.82. The predicted octanol–water partition coefficient (Wildman–Crippen LogP) is 2.95. The van der Waals surface area contributed by atoms with Crippen molar-refractivity contribution in [3.05, 3.63) is 41.7 Å². The first-order valence-electron chi connectivity index (χ1n) is 8.54. The lowest BCUT2D eigenvalue weighted by Crippen LogP contribution is -2.23. The molecule has 0 radical (unpaired) electrons. The molecule has 1 aliphatic heterocycles. The Morgan fingerprint density at radius 1 is 1.24 bits per heavy atom. The number of nitriles is 1. The zero-order valence-electron chi connectivity index (χ0n) is 14.9. The van der Waals surface area contributed by atoms with Gasteiger partial charge in [0.05, 0.1) is 17.9 Å². The summed E-state index contributed by atoms with van der Waals surface area (Å²) in [5, 5.41) is 17.3. The number of hydrogen-bond donors (Lipinski definition) is 0. The third-order valence-electron chi connectivity index (χ3n) is 4.36. The van der Waals surface area contributed by atoms with Crippen molar-refractivity contribution in [2.45, 2.75) is 32.6 Å². The lowest BCUT2D eigenvalue weighted by molar-refractivity contribution is 0.249. The van der Waals surface area contributed by atoms with E-state index in [-0.39, 0.29) is 5.41 Å². The maximum Gasteiger partial charge on any atom is 0.233 e. The molecule has 3 heterocycles. The molecule has 0 bridgehead atoms. The molecule has 0 spiro atoms. The van der Waals surface area contributed by atoms with Crippen molar-refractivity contribution in [3.8, 4) is 11.9 Å². The first-order chi connectivity index (χ1) is 12.0. The van der Waals surface area contributed by atoms with Gasteiger partial charge >= 0.3 is 0 Å². The van der Waals surface area contributed by atoms with Gasteiger partial charge in [-0.05, 0) is 24.6 Å². The second-order valence-corrected chi connectivity index (χ2v) is 7.44. The van der Waals surface area contributed by atoms with E-state index in [1.165, 1.54) is 0 Å². The van der Waals surface area contributed by atoms with E-state index in [0.29, 0.717) is 24.0 Å². The van der Waals surface area contributed by atoms with Crippen molar-refractivity contribution in [3.63, 3.8) is 0 Å². The minimum Gasteiger partial charge on any atom is -0.476 e. The van der Waals surface area contributed by atoms with Gasteiger partial charge in [-0.25, -0.2) is 4.98 Å². The molecule has 130 valence electrons. The van der Waals surface area contributed by atoms with Crippen LogP contribution in [0.5, 0.6) is 5.88 Å². The minimum atomic E-state index is -0.00835. The Morgan fingerprint density at radius 3 is 2.68 bits per heavy atom. The maximum absolute atomic E-state index is 8.84. The van der Waals surface area contributed by atoms with Crippen LogP contribution in [0.1, 0.15) is 38.4 Å². The summed E-state index contributed by atoms with van der Waals surface area (Å²) in [4.78, 5) is 6.58. The van der Waals surface area contributed by atoms with Crippen LogP contribution in [-0.2, 0) is 5.41 Å². The first kappa shape index (κ1) is 17.2. The highest BCUT2D eigenvalue weighted by molar-refractivity contribution is 5.42. The molecule has 0 aromatic carbocycles. The van der Waals surface area contributed by atoms with E-state index in [9.17, 15) is 0 Å². The second kappa shape index (κ2) is 7.06. The van der Waals surface area contributed by atoms with E-state index >= 15 is 0 Å². The molecule has 2 aromatic rings. The SMILES string of the molecule is CC(C)(C)c1ccc(OCC2CCN(c3ccc(C#N)cn3)C2)nn1. The highest BCUT2D eigenvalue weighted by atomic mass is 16.5. The number of hydrogen-bond acceptors (Lipinski definition) is 6. The summed E-state index contributed by atoms with van der Waals surface area (Å²) in [6, 6.07) is 9.66. The largest absolute Gasteiger partial charge is 0.476 e. The van der Waals surface area contributed by atoms with Gasteiger partial charge < -0.3 is 9.64 Å². The summed E-state index contributed by atoms with van der Waals surface area (Å²) in [5.74, 6) is 1.92. The van der Waals surface area contributed by atoms with Gasteiger partial charge in [0.2, 0.25) is 5.88 Å². The highest BCUT2D eigenvalue weighted by Crippen LogP contribution is 2.24. The fraction of sp³-hybridized carbons (Fsp3) is 0.474. The molecule has 3 rings (SSSR count). The van der Waals surface area contributed by atoms with Gasteiger partial charge in [-0.3, -0.25) is 0 Å². The van der Waals surface area contributed by atoms with Crippen LogP contribution < -0.4 is 9.64 Å². The monoisotopic (exact) mass is 337 g/mol. The molecule has 1 aliphatic rings. The van der Waals surface area contributed by atoms with Crippen LogP contribution in [0.15, 0.2) is 30.5 Å². The number of rotatable bonds is 4. The van der Waals surface area contributed by atoms with Crippen LogP contribution in [0.2, 0.25) is 0 Å². The van der Waals surface area contributed by atoms with Crippen molar-refractivity contribution in [1.82, 2.24) is 15.2 Å². The van der Waals surface area contributed by atoms with Gasteiger partial charge in [-0.2, -0.15) is 10.4 Å². The summed E-state index contributed by atoms with van der Waals surface area (Å²) < 4.78 is 5.81. The molecule has 1 saturated heterocycles. The molecule has 1 atom stereocenters. The lowest BCUT2D eigenvalue weighted by Gasteiger charge is -2.18. The Balaban J connectivity index is 1.52. The van der Waals surface area contributed by atoms with Gasteiger partial charge in [-0.15, -0.1) is 5.10 Å². The first-order valence-corrected chi connectivity index (χ1v) is 8.54. The van der Waals surface area contributed by atoms with Crippen LogP contribution in [0, 0.1) is 17.2 Å². The third-order valence-corrected chi connectivity index (χ3v) is 4.36. The van der Waals surface area contributed by atoms with Crippen molar-refractivity contribution >= 4 is 5.82 Å². The van der Waals surface area contributed by atoms with Gasteiger partial charge in [-0.1, -0.05) is 20.8 Å². The fourth-order valence-electron chi connectivity index (χ4n) is 2.82. The molecular weight excluding hydrogens is 314 g/mol. The molecule has 6 heteroatoms. The van der Waals surface area contributed by atoms with Gasteiger partial charge in [0.25, 0.3) is 0 Å². The van der Waals surface area contributed by atoms with Crippen LogP contribution in [0.25, 0.3) is 0 Å². The van der Waals surface area contributed by atoms with E-state index in [0.717, 1.165) is 31.0 Å². The number of anilines is 1. The summed E-state index contributed by atoms with van der Waals surface area (Å²) >= 11 is 0. The van der Waals surface area contributed by atoms with E-state index in [1.54, 1.807) is 12.3 Å². The zero-order valence-corrected chi connectivity index (χ0v) is 14.9. The average Bonchev–Trinajstić information content (AvgIpc) is 3.09. The second-order valence-electron chi connectivity index (χ2n) is 7.44. The van der Waals surface area contributed by atoms with Crippen LogP contribution >= 0.6 is 0 Å². The molecule has 0 saturated carbocycles. The van der Waals surface area contributed by atoms with Crippen LogP contribution in [0.4, 0.5) is 5.82 Å². The molecular formula is C19H23N5O. The van der Waals surface area contributed by atoms with Crippen molar-refractivity contribution in [2.24, 2.45) is 5.92 Å². The Labute approximate surface area is 148 Å². The number of ether oxygens (including phenoxy) is 1. The molecule has 6 nitrogen and oxygen atoms in total. The summed E-state index contributed by atoms with van der Waals surface area (Å²) in [6.45, 7) is 8.80. The zero-order chi connectivity index (χ0) is 17.9. The lowest BCUT2D eigenvalue weighted by atomic mass is 9.92. The predicted molar refractivity (Wildman–Crippen MR) is 95.5 cm³/mol. The third kappa shape index (κ3) is 4.24. The normalized spacial score (nSPS) is 17.4. The molecule has 0 aliphatic carbocycles. The quantitative estimate of drug-likeness (QED) is 0.854. The Hall–Kier alpha value is -2.68. The van der Waals surface area contributed by atoms with E-state index in [1.807, 2.05) is 18.2 Å². The molecule has 1 fully saturated rings. The molecule has 1 unspecified atom stereocenters. The van der Waals surface area contributed by atoms with Gasteiger partial charge in [0, 0.05) is 36.7 Å². The van der Waals surface area contributed by atoms with E-state index in [2.05, 4.69) is 46.9 Å². The standard InChI is InChI=1S/C19H23N5O/c1-19(2,3)16-5-7-18(23-22-16)25-13-15-8-9-24(12-15)17-6-4-14(10-20)11-21-17/h4-7,11,15H,8-9,12-13H2,1-3H3. The highest BCUT2D eigenvalue weighted by Gasteiger charge is 2.24. The number of pyridine rings is 1. The maximum atomic E-state index is 8.84. The molecule has 25 heavy (non-hydrogen) atoms. The molecule has 2 aromatic heterocycles. The Morgan fingerprint density at radius 2 is 2.08 bits per heavy atom. The average molecular weight is 337 g/mol. The van der Waals surface area contributed by atoms with Crippen LogP contribution in [-0.4, -0.2) is 34.9 Å². The van der Waals surface area contributed by atoms with E-state index < -0.39 is 0 Å². The van der Waals surface area contributed by atoms with Crippen molar-refractivity contribution < 1.29 is 4.74 Å². The van der Waals surface area contributed by atoms with Crippen molar-refractivity contribution in [2.75, 3.05) is 24.6 Å². The Bertz CT molecular complexity index is 743. The van der Waals surface area contributed by atoms with Gasteiger partial charge in [0.1, 0.15) is 11.9 Å². The summed E-state index contributed by atoms with van der Waals surface area (Å²) in [6.07, 6.45) is 2.67. The smallest absolute Gasteiger partial charge is 0.233 e.